The fraction of sp³-hybridized carbons (Fsp3) is 0.323. The van der Waals surface area contributed by atoms with Gasteiger partial charge in [0.1, 0.15) is 24.2 Å². The number of benzene rings is 2. The highest BCUT2D eigenvalue weighted by Gasteiger charge is 2.29. The van der Waals surface area contributed by atoms with Crippen molar-refractivity contribution < 1.29 is 37.7 Å². The molecule has 3 atom stereocenters. The van der Waals surface area contributed by atoms with Gasteiger partial charge in [-0.05, 0) is 94.0 Å². The molecule has 2 aromatic carbocycles. The molecule has 9 nitrogen and oxygen atoms in total. The minimum atomic E-state index is -1.11. The molecule has 234 valence electrons. The molecule has 2 N–H and O–H groups in total. The van der Waals surface area contributed by atoms with E-state index in [9.17, 15) is 32.9 Å². The molecule has 0 radical (unpaired) electrons. The van der Waals surface area contributed by atoms with Crippen molar-refractivity contribution in [2.75, 3.05) is 24.9 Å². The fourth-order valence-electron chi connectivity index (χ4n) is 4.51. The van der Waals surface area contributed by atoms with Crippen LogP contribution in [0.15, 0.2) is 52.9 Å². The average molecular weight is 661 g/mol. The van der Waals surface area contributed by atoms with Gasteiger partial charge in [-0.3, -0.25) is 19.2 Å². The molecule has 0 bridgehead atoms. The third-order valence-corrected chi connectivity index (χ3v) is 9.60. The number of rotatable bonds is 12. The number of carbonyl (C=O) groups excluding carboxylic acids is 5. The zero-order chi connectivity index (χ0) is 32.6. The largest absolute Gasteiger partial charge is 0.612 e. The summed E-state index contributed by atoms with van der Waals surface area (Å²) in [5, 5.41) is 4.17. The van der Waals surface area contributed by atoms with Crippen molar-refractivity contribution in [2.45, 2.75) is 44.2 Å². The summed E-state index contributed by atoms with van der Waals surface area (Å²) in [6, 6.07) is 9.58. The number of ether oxygens (including phenoxy) is 1. The smallest absolute Gasteiger partial charge is 0.329 e. The van der Waals surface area contributed by atoms with Gasteiger partial charge in [0.25, 0.3) is 0 Å². The first-order chi connectivity index (χ1) is 20.8. The van der Waals surface area contributed by atoms with Crippen LogP contribution in [0.25, 0.3) is 17.2 Å². The van der Waals surface area contributed by atoms with Gasteiger partial charge in [0, 0.05) is 31.8 Å². The van der Waals surface area contributed by atoms with E-state index in [0.29, 0.717) is 16.0 Å². The lowest BCUT2D eigenvalue weighted by Gasteiger charge is -2.18. The third-order valence-electron chi connectivity index (χ3n) is 6.63. The summed E-state index contributed by atoms with van der Waals surface area (Å²) < 4.78 is 30.7. The summed E-state index contributed by atoms with van der Waals surface area (Å²) in [5.41, 5.74) is 4.53. The van der Waals surface area contributed by atoms with Gasteiger partial charge in [0.05, 0.1) is 7.11 Å². The molecule has 0 aromatic heterocycles. The van der Waals surface area contributed by atoms with Gasteiger partial charge in [0.2, 0.25) is 16.9 Å². The van der Waals surface area contributed by atoms with Crippen molar-refractivity contribution in [3.05, 3.63) is 70.5 Å². The SMILES string of the molecule is COC(=O)C(CSC(=O)C(CSC(=O)CC1=C(C)/C(=C/c2ccc([S+](C)[O-])cc2)c2ccc(F)cc21)NC(C)=O)NC(C)=O. The molecule has 2 aromatic rings. The van der Waals surface area contributed by atoms with Crippen molar-refractivity contribution in [1.82, 2.24) is 10.6 Å². The number of carbonyl (C=O) groups is 5. The maximum absolute atomic E-state index is 14.3. The van der Waals surface area contributed by atoms with Crippen LogP contribution < -0.4 is 10.6 Å². The van der Waals surface area contributed by atoms with E-state index in [4.69, 9.17) is 0 Å². The number of halogens is 1. The van der Waals surface area contributed by atoms with Gasteiger partial charge < -0.3 is 19.9 Å². The highest BCUT2D eigenvalue weighted by atomic mass is 32.2. The number of methoxy groups -OCH3 is 1. The van der Waals surface area contributed by atoms with E-state index >= 15 is 0 Å². The molecule has 2 amide bonds. The Bertz CT molecular complexity index is 1510. The standard InChI is InChI=1S/C31H33FN2O7S3/c1-17-24(12-20-6-9-22(10-7-20)44(5)40)23-11-8-21(32)13-26(23)25(17)14-29(37)42-16-28(34-19(3)36)31(39)43-15-27(30(38)41-4)33-18(2)35/h6-13,27-28H,14-16H2,1-5H3,(H,33,35)(H,34,36)/b24-12-. The minimum Gasteiger partial charge on any atom is -0.612 e. The Kier molecular flexibility index (Phi) is 12.8. The minimum absolute atomic E-state index is 0.0425. The molecule has 0 saturated carbocycles. The lowest BCUT2D eigenvalue weighted by molar-refractivity contribution is -0.144. The van der Waals surface area contributed by atoms with Crippen LogP contribution in [-0.4, -0.2) is 69.5 Å². The topological polar surface area (TPSA) is 142 Å². The van der Waals surface area contributed by atoms with Crippen molar-refractivity contribution in [3.8, 4) is 0 Å². The Hall–Kier alpha value is -3.39. The Morgan fingerprint density at radius 1 is 0.955 bits per heavy atom. The second-order valence-electron chi connectivity index (χ2n) is 9.89. The van der Waals surface area contributed by atoms with Gasteiger partial charge in [-0.25, -0.2) is 9.18 Å². The van der Waals surface area contributed by atoms with Crippen LogP contribution in [0.2, 0.25) is 0 Å². The molecule has 0 fully saturated rings. The van der Waals surface area contributed by atoms with Crippen molar-refractivity contribution in [1.29, 1.82) is 0 Å². The highest BCUT2D eigenvalue weighted by molar-refractivity contribution is 8.15. The highest BCUT2D eigenvalue weighted by Crippen LogP contribution is 2.44. The predicted octanol–water partition coefficient (Wildman–Crippen LogP) is 3.98. The van der Waals surface area contributed by atoms with E-state index < -0.39 is 52.0 Å². The van der Waals surface area contributed by atoms with Crippen LogP contribution in [0, 0.1) is 5.82 Å². The number of esters is 1. The molecule has 0 saturated heterocycles. The van der Waals surface area contributed by atoms with Gasteiger partial charge in [-0.1, -0.05) is 29.6 Å². The number of hydrogen-bond donors (Lipinski definition) is 2. The monoisotopic (exact) mass is 660 g/mol. The number of thioether (sulfide) groups is 2. The van der Waals surface area contributed by atoms with Crippen LogP contribution >= 0.6 is 23.5 Å². The van der Waals surface area contributed by atoms with E-state index in [2.05, 4.69) is 15.4 Å². The quantitative estimate of drug-likeness (QED) is 0.255. The number of nitrogens with one attached hydrogen (secondary N) is 2. The Morgan fingerprint density at radius 3 is 2.16 bits per heavy atom. The molecule has 13 heteroatoms. The first-order valence-electron chi connectivity index (χ1n) is 13.4. The predicted molar refractivity (Wildman–Crippen MR) is 172 cm³/mol. The second-order valence-corrected chi connectivity index (χ2v) is 13.4. The summed E-state index contributed by atoms with van der Waals surface area (Å²) in [6.07, 6.45) is 3.49. The Balaban J connectivity index is 1.76. The molecular formula is C31H33FN2O7S3. The molecule has 1 aliphatic carbocycles. The first kappa shape index (κ1) is 35.1. The van der Waals surface area contributed by atoms with Crippen molar-refractivity contribution in [2.24, 2.45) is 0 Å². The summed E-state index contributed by atoms with van der Waals surface area (Å²) in [5.74, 6) is -2.30. The summed E-state index contributed by atoms with van der Waals surface area (Å²) >= 11 is 0.484. The Labute approximate surface area is 267 Å². The van der Waals surface area contributed by atoms with Crippen LogP contribution in [-0.2, 0) is 39.9 Å². The fourth-order valence-corrected chi connectivity index (χ4v) is 6.86. The lowest BCUT2D eigenvalue weighted by Crippen LogP contribution is -2.44. The third kappa shape index (κ3) is 9.55. The molecule has 3 rings (SSSR count). The van der Waals surface area contributed by atoms with Crippen LogP contribution in [0.5, 0.6) is 0 Å². The van der Waals surface area contributed by atoms with E-state index in [1.165, 1.54) is 26.0 Å². The van der Waals surface area contributed by atoms with E-state index in [0.717, 1.165) is 52.9 Å². The zero-order valence-corrected chi connectivity index (χ0v) is 27.3. The van der Waals surface area contributed by atoms with Gasteiger partial charge in [0.15, 0.2) is 10.0 Å². The van der Waals surface area contributed by atoms with Gasteiger partial charge in [-0.15, -0.1) is 0 Å². The first-order valence-corrected chi connectivity index (χ1v) is 16.9. The van der Waals surface area contributed by atoms with E-state index in [-0.39, 0.29) is 23.0 Å². The van der Waals surface area contributed by atoms with Crippen LogP contribution in [0.1, 0.15) is 43.9 Å². The molecule has 0 spiro atoms. The molecular weight excluding hydrogens is 628 g/mol. The zero-order valence-electron chi connectivity index (χ0n) is 24.9. The number of allylic oxidation sites excluding steroid dienone is 3. The summed E-state index contributed by atoms with van der Waals surface area (Å²) in [4.78, 5) is 62.0. The van der Waals surface area contributed by atoms with Crippen LogP contribution in [0.4, 0.5) is 4.39 Å². The maximum atomic E-state index is 14.3. The number of hydrogen-bond acceptors (Lipinski definition) is 9. The molecule has 3 unspecified atom stereocenters. The van der Waals surface area contributed by atoms with Crippen molar-refractivity contribution >= 4 is 79.9 Å². The number of fused-ring (bicyclic) bond motifs is 1. The second kappa shape index (κ2) is 16.1. The maximum Gasteiger partial charge on any atom is 0.329 e. The lowest BCUT2D eigenvalue weighted by atomic mass is 10.0. The normalized spacial score (nSPS) is 15.3. The van der Waals surface area contributed by atoms with E-state index in [1.807, 2.05) is 25.1 Å². The molecule has 44 heavy (non-hydrogen) atoms. The van der Waals surface area contributed by atoms with Gasteiger partial charge in [-0.2, -0.15) is 0 Å². The Morgan fingerprint density at radius 2 is 1.57 bits per heavy atom. The summed E-state index contributed by atoms with van der Waals surface area (Å²) in [7, 11) is 1.16. The molecule has 0 aliphatic heterocycles. The summed E-state index contributed by atoms with van der Waals surface area (Å²) in [6.45, 7) is 4.33. The van der Waals surface area contributed by atoms with Crippen molar-refractivity contribution in [3.63, 3.8) is 0 Å². The van der Waals surface area contributed by atoms with E-state index in [1.54, 1.807) is 24.5 Å². The number of amides is 2. The molecule has 1 aliphatic rings. The van der Waals surface area contributed by atoms with Crippen LogP contribution in [0.3, 0.4) is 0 Å². The average Bonchev–Trinajstić information content (AvgIpc) is 3.21. The van der Waals surface area contributed by atoms with Gasteiger partial charge >= 0.3 is 5.97 Å². The molecule has 0 heterocycles.